The average molecular weight is 497 g/mol. The van der Waals surface area contributed by atoms with Crippen LogP contribution in [0, 0.1) is 0 Å². The number of nitrogens with zero attached hydrogens (tertiary/aromatic N) is 3. The predicted octanol–water partition coefficient (Wildman–Crippen LogP) is 7.95. The number of pyridine rings is 1. The molecule has 2 aromatic carbocycles. The Bertz CT molecular complexity index is 1400. The number of fused-ring (bicyclic) bond motifs is 2. The van der Waals surface area contributed by atoms with Crippen LogP contribution in [-0.2, 0) is 6.54 Å². The molecule has 4 aromatic rings. The fourth-order valence-electron chi connectivity index (χ4n) is 4.38. The van der Waals surface area contributed by atoms with Gasteiger partial charge in [0.25, 0.3) is 5.01 Å². The van der Waals surface area contributed by atoms with Gasteiger partial charge in [-0.05, 0) is 60.0 Å². The van der Waals surface area contributed by atoms with Crippen LogP contribution in [0.3, 0.4) is 0 Å². The molecule has 2 aromatic heterocycles. The van der Waals surface area contributed by atoms with Crippen molar-refractivity contribution in [2.45, 2.75) is 38.1 Å². The standard InChI is InChI=1S/C30H30N3S2/c1-3-21-32-25-9-5-7-11-27(25)34-29(32)15-13-23(24-17-19-31-20-18-24)14-16-30-33(22-4-2)26-10-6-8-12-28(26)35-30/h5-20H,3-4,21-22H2,1-2H3/q+1. The lowest BCUT2D eigenvalue weighted by atomic mass is 10.1. The third-order valence-corrected chi connectivity index (χ3v) is 8.25. The normalized spacial score (nSPS) is 15.0. The van der Waals surface area contributed by atoms with Crippen molar-refractivity contribution in [2.24, 2.45) is 0 Å². The summed E-state index contributed by atoms with van der Waals surface area (Å²) in [4.78, 5) is 8.00. The van der Waals surface area contributed by atoms with Gasteiger partial charge in [-0.3, -0.25) is 4.98 Å². The highest BCUT2D eigenvalue weighted by Gasteiger charge is 2.23. The van der Waals surface area contributed by atoms with Gasteiger partial charge in [0, 0.05) is 42.4 Å². The number of thiazole rings is 1. The molecular weight excluding hydrogens is 466 g/mol. The Kier molecular flexibility index (Phi) is 7.45. The molecule has 0 fully saturated rings. The van der Waals surface area contributed by atoms with Gasteiger partial charge < -0.3 is 4.90 Å². The molecule has 0 saturated carbocycles. The molecule has 35 heavy (non-hydrogen) atoms. The molecule has 3 nitrogen and oxygen atoms in total. The molecule has 0 N–H and O–H groups in total. The van der Waals surface area contributed by atoms with E-state index < -0.39 is 0 Å². The number of anilines is 1. The molecule has 0 aliphatic carbocycles. The van der Waals surface area contributed by atoms with Crippen LogP contribution in [0.2, 0.25) is 0 Å². The fraction of sp³-hybridized carbons (Fsp3) is 0.200. The van der Waals surface area contributed by atoms with E-state index in [1.165, 1.54) is 42.0 Å². The Morgan fingerprint density at radius 2 is 1.77 bits per heavy atom. The summed E-state index contributed by atoms with van der Waals surface area (Å²) in [6, 6.07) is 21.5. The zero-order chi connectivity index (χ0) is 24.0. The molecule has 176 valence electrons. The molecule has 0 radical (unpaired) electrons. The Labute approximate surface area is 216 Å². The average Bonchev–Trinajstić information content (AvgIpc) is 3.43. The molecule has 0 bridgehead atoms. The summed E-state index contributed by atoms with van der Waals surface area (Å²) in [7, 11) is 0. The first-order valence-corrected chi connectivity index (χ1v) is 13.9. The van der Waals surface area contributed by atoms with Crippen molar-refractivity contribution >= 4 is 50.7 Å². The Morgan fingerprint density at radius 1 is 0.971 bits per heavy atom. The number of hydrogen-bond acceptors (Lipinski definition) is 4. The summed E-state index contributed by atoms with van der Waals surface area (Å²) in [5.41, 5.74) is 4.96. The van der Waals surface area contributed by atoms with E-state index in [9.17, 15) is 0 Å². The highest BCUT2D eigenvalue weighted by atomic mass is 32.2. The predicted molar refractivity (Wildman–Crippen MR) is 152 cm³/mol. The summed E-state index contributed by atoms with van der Waals surface area (Å²) in [5, 5.41) is 2.55. The molecule has 3 heterocycles. The zero-order valence-electron chi connectivity index (χ0n) is 20.2. The van der Waals surface area contributed by atoms with Gasteiger partial charge in [0.1, 0.15) is 11.2 Å². The molecule has 0 atom stereocenters. The minimum Gasteiger partial charge on any atom is -0.335 e. The Balaban J connectivity index is 1.53. The number of thioether (sulfide) groups is 1. The van der Waals surface area contributed by atoms with Crippen molar-refractivity contribution in [1.29, 1.82) is 0 Å². The molecule has 0 spiro atoms. The van der Waals surface area contributed by atoms with Gasteiger partial charge in [-0.15, -0.1) is 0 Å². The SMILES string of the molecule is CCCN1/C(=C/C=C(/C=C/c2sc3ccccc3[n+]2CCC)c2ccncc2)Sc2ccccc21. The van der Waals surface area contributed by atoms with Crippen molar-refractivity contribution in [3.63, 3.8) is 0 Å². The fourth-order valence-corrected chi connectivity index (χ4v) is 6.56. The van der Waals surface area contributed by atoms with Crippen LogP contribution < -0.4 is 9.47 Å². The summed E-state index contributed by atoms with van der Waals surface area (Å²) >= 11 is 3.70. The van der Waals surface area contributed by atoms with Gasteiger partial charge in [-0.2, -0.15) is 4.57 Å². The van der Waals surface area contributed by atoms with E-state index in [4.69, 9.17) is 0 Å². The third-order valence-electron chi connectivity index (χ3n) is 5.99. The van der Waals surface area contributed by atoms with Crippen LogP contribution in [-0.4, -0.2) is 11.5 Å². The summed E-state index contributed by atoms with van der Waals surface area (Å²) in [6.45, 7) is 6.51. The number of benzene rings is 2. The van der Waals surface area contributed by atoms with Crippen molar-refractivity contribution < 1.29 is 4.57 Å². The van der Waals surface area contributed by atoms with Crippen LogP contribution in [0.25, 0.3) is 21.9 Å². The van der Waals surface area contributed by atoms with Crippen molar-refractivity contribution in [3.8, 4) is 0 Å². The van der Waals surface area contributed by atoms with Crippen LogP contribution in [0.4, 0.5) is 5.69 Å². The monoisotopic (exact) mass is 496 g/mol. The van der Waals surface area contributed by atoms with E-state index in [1.54, 1.807) is 0 Å². The number of para-hydroxylation sites is 2. The molecule has 1 aliphatic heterocycles. The molecule has 5 rings (SSSR count). The molecule has 0 unspecified atom stereocenters. The highest BCUT2D eigenvalue weighted by Crippen LogP contribution is 2.45. The number of rotatable bonds is 8. The maximum absolute atomic E-state index is 4.23. The summed E-state index contributed by atoms with van der Waals surface area (Å²) in [5.74, 6) is 0. The van der Waals surface area contributed by atoms with Crippen LogP contribution in [0.5, 0.6) is 0 Å². The topological polar surface area (TPSA) is 20.0 Å². The summed E-state index contributed by atoms with van der Waals surface area (Å²) in [6.07, 6.45) is 15.0. The maximum Gasteiger partial charge on any atom is 0.262 e. The second-order valence-electron chi connectivity index (χ2n) is 8.48. The van der Waals surface area contributed by atoms with Gasteiger partial charge in [0.05, 0.1) is 10.7 Å². The van der Waals surface area contributed by atoms with Crippen LogP contribution in [0.15, 0.2) is 101 Å². The molecule has 5 heteroatoms. The van der Waals surface area contributed by atoms with Gasteiger partial charge >= 0.3 is 0 Å². The first-order valence-electron chi connectivity index (χ1n) is 12.2. The molecule has 1 aliphatic rings. The maximum atomic E-state index is 4.23. The largest absolute Gasteiger partial charge is 0.335 e. The molecular formula is C30H30N3S2+. The highest BCUT2D eigenvalue weighted by molar-refractivity contribution is 8.03. The van der Waals surface area contributed by atoms with Crippen molar-refractivity contribution in [2.75, 3.05) is 11.4 Å². The van der Waals surface area contributed by atoms with Crippen molar-refractivity contribution in [1.82, 2.24) is 4.98 Å². The van der Waals surface area contributed by atoms with E-state index in [2.05, 4.69) is 113 Å². The van der Waals surface area contributed by atoms with Crippen LogP contribution >= 0.6 is 23.1 Å². The second-order valence-corrected chi connectivity index (χ2v) is 10.6. The number of allylic oxidation sites excluding steroid dienone is 4. The van der Waals surface area contributed by atoms with Gasteiger partial charge in [-0.25, -0.2) is 0 Å². The van der Waals surface area contributed by atoms with E-state index in [1.807, 2.05) is 35.5 Å². The number of aryl methyl sites for hydroxylation is 1. The lowest BCUT2D eigenvalue weighted by Gasteiger charge is -2.19. The quantitative estimate of drug-likeness (QED) is 0.182. The smallest absolute Gasteiger partial charge is 0.262 e. The minimum absolute atomic E-state index is 1.02. The van der Waals surface area contributed by atoms with E-state index in [0.29, 0.717) is 0 Å². The molecule has 0 amide bonds. The first-order chi connectivity index (χ1) is 17.3. The van der Waals surface area contributed by atoms with Crippen LogP contribution in [0.1, 0.15) is 37.3 Å². The number of hydrogen-bond donors (Lipinski definition) is 0. The van der Waals surface area contributed by atoms with Gasteiger partial charge in [-0.1, -0.05) is 67.3 Å². The minimum atomic E-state index is 1.02. The first kappa shape index (κ1) is 23.6. The Hall–Kier alpha value is -3.15. The number of aromatic nitrogens is 2. The third kappa shape index (κ3) is 5.12. The zero-order valence-corrected chi connectivity index (χ0v) is 21.9. The van der Waals surface area contributed by atoms with Gasteiger partial charge in [0.15, 0.2) is 0 Å². The lowest BCUT2D eigenvalue weighted by Crippen LogP contribution is -2.34. The van der Waals surface area contributed by atoms with Crippen molar-refractivity contribution in [3.05, 3.63) is 107 Å². The van der Waals surface area contributed by atoms with E-state index >= 15 is 0 Å². The van der Waals surface area contributed by atoms with Gasteiger partial charge in [0.2, 0.25) is 5.52 Å². The lowest BCUT2D eigenvalue weighted by molar-refractivity contribution is -0.668. The van der Waals surface area contributed by atoms with E-state index in [0.717, 1.165) is 25.9 Å². The second kappa shape index (κ2) is 11.1. The molecule has 0 saturated heterocycles. The summed E-state index contributed by atoms with van der Waals surface area (Å²) < 4.78 is 3.76. The van der Waals surface area contributed by atoms with E-state index in [-0.39, 0.29) is 0 Å². The Morgan fingerprint density at radius 3 is 2.60 bits per heavy atom.